The maximum Gasteiger partial charge on any atom is 0.122 e. The number of rotatable bonds is 2. The highest BCUT2D eigenvalue weighted by atomic mass is 16.3. The van der Waals surface area contributed by atoms with E-state index >= 15 is 0 Å². The number of aryl methyl sites for hydroxylation is 2. The van der Waals surface area contributed by atoms with Gasteiger partial charge in [-0.25, -0.2) is 0 Å². The van der Waals surface area contributed by atoms with Crippen LogP contribution in [-0.2, 0) is 17.3 Å². The minimum Gasteiger partial charge on any atom is -0.507 e. The van der Waals surface area contributed by atoms with E-state index in [9.17, 15) is 5.11 Å². The SMILES string of the molecule is Cc1cc(Cc2cc(C)cc(C(C)(C)C)c2O)cc(C(C)(C)C)c1. The summed E-state index contributed by atoms with van der Waals surface area (Å²) in [6, 6.07) is 11.0. The van der Waals surface area contributed by atoms with Crippen LogP contribution in [0.15, 0.2) is 30.3 Å². The molecule has 24 heavy (non-hydrogen) atoms. The second kappa shape index (κ2) is 6.27. The van der Waals surface area contributed by atoms with E-state index in [1.807, 2.05) is 0 Å². The van der Waals surface area contributed by atoms with Gasteiger partial charge >= 0.3 is 0 Å². The lowest BCUT2D eigenvalue weighted by atomic mass is 9.82. The van der Waals surface area contributed by atoms with Gasteiger partial charge in [0, 0.05) is 6.42 Å². The number of aromatic hydroxyl groups is 1. The third kappa shape index (κ3) is 4.20. The summed E-state index contributed by atoms with van der Waals surface area (Å²) in [5, 5.41) is 10.8. The standard InChI is InChI=1S/C23H32O/c1-15-9-17(14-19(11-15)22(3,4)5)13-18-10-16(2)12-20(21(18)24)23(6,7)8/h9-12,14,24H,13H2,1-8H3. The summed E-state index contributed by atoms with van der Waals surface area (Å²) in [6.07, 6.45) is 0.765. The van der Waals surface area contributed by atoms with E-state index in [4.69, 9.17) is 0 Å². The zero-order valence-corrected chi connectivity index (χ0v) is 16.5. The van der Waals surface area contributed by atoms with E-state index in [0.717, 1.165) is 17.5 Å². The molecule has 2 aromatic rings. The van der Waals surface area contributed by atoms with E-state index in [1.54, 1.807) is 0 Å². The molecule has 0 saturated heterocycles. The molecule has 0 aliphatic rings. The second-order valence-electron chi connectivity index (χ2n) is 9.20. The molecule has 0 amide bonds. The predicted octanol–water partition coefficient (Wildman–Crippen LogP) is 6.19. The van der Waals surface area contributed by atoms with Crippen LogP contribution >= 0.6 is 0 Å². The Morgan fingerprint density at radius 3 is 1.88 bits per heavy atom. The Morgan fingerprint density at radius 1 is 0.750 bits per heavy atom. The van der Waals surface area contributed by atoms with Gasteiger partial charge in [0.25, 0.3) is 0 Å². The zero-order valence-electron chi connectivity index (χ0n) is 16.5. The normalized spacial score (nSPS) is 12.5. The number of phenols is 1. The van der Waals surface area contributed by atoms with Gasteiger partial charge < -0.3 is 5.11 Å². The first kappa shape index (κ1) is 18.6. The average molecular weight is 325 g/mol. The lowest BCUT2D eigenvalue weighted by molar-refractivity contribution is 0.441. The van der Waals surface area contributed by atoms with Crippen molar-refractivity contribution in [3.8, 4) is 5.75 Å². The molecule has 0 unspecified atom stereocenters. The van der Waals surface area contributed by atoms with Crippen LogP contribution in [-0.4, -0.2) is 5.11 Å². The molecule has 0 heterocycles. The quantitative estimate of drug-likeness (QED) is 0.698. The molecule has 1 N–H and O–H groups in total. The first-order valence-electron chi connectivity index (χ1n) is 8.82. The lowest BCUT2D eigenvalue weighted by Crippen LogP contribution is -2.13. The summed E-state index contributed by atoms with van der Waals surface area (Å²) in [5.74, 6) is 0.451. The van der Waals surface area contributed by atoms with Crippen molar-refractivity contribution in [2.75, 3.05) is 0 Å². The molecule has 0 fully saturated rings. The van der Waals surface area contributed by atoms with Crippen molar-refractivity contribution in [2.45, 2.75) is 72.6 Å². The van der Waals surface area contributed by atoms with Crippen LogP contribution in [0.5, 0.6) is 5.75 Å². The van der Waals surface area contributed by atoms with Gasteiger partial charge in [-0.05, 0) is 46.9 Å². The summed E-state index contributed by atoms with van der Waals surface area (Å²) in [4.78, 5) is 0. The molecule has 2 aromatic carbocycles. The Kier molecular flexibility index (Phi) is 4.86. The number of benzene rings is 2. The third-order valence-corrected chi connectivity index (χ3v) is 4.54. The van der Waals surface area contributed by atoms with Gasteiger partial charge in [0.15, 0.2) is 0 Å². The van der Waals surface area contributed by atoms with Crippen LogP contribution < -0.4 is 0 Å². The summed E-state index contributed by atoms with van der Waals surface area (Å²) >= 11 is 0. The highest BCUT2D eigenvalue weighted by molar-refractivity contribution is 5.49. The second-order valence-corrected chi connectivity index (χ2v) is 9.20. The highest BCUT2D eigenvalue weighted by Crippen LogP contribution is 2.36. The fourth-order valence-corrected chi connectivity index (χ4v) is 3.18. The molecule has 2 rings (SSSR count). The minimum absolute atomic E-state index is 0.0615. The summed E-state index contributed by atoms with van der Waals surface area (Å²) in [6.45, 7) is 17.4. The average Bonchev–Trinajstić information content (AvgIpc) is 2.39. The smallest absolute Gasteiger partial charge is 0.122 e. The Morgan fingerprint density at radius 2 is 1.33 bits per heavy atom. The van der Waals surface area contributed by atoms with E-state index in [-0.39, 0.29) is 10.8 Å². The van der Waals surface area contributed by atoms with Crippen molar-refractivity contribution in [1.29, 1.82) is 0 Å². The Labute approximate surface area is 147 Å². The summed E-state index contributed by atoms with van der Waals surface area (Å²) < 4.78 is 0. The third-order valence-electron chi connectivity index (χ3n) is 4.54. The first-order chi connectivity index (χ1) is 10.9. The van der Waals surface area contributed by atoms with E-state index in [1.165, 1.54) is 22.3 Å². The van der Waals surface area contributed by atoms with Gasteiger partial charge in [0.1, 0.15) is 5.75 Å². The molecule has 1 heteroatoms. The van der Waals surface area contributed by atoms with Gasteiger partial charge in [-0.3, -0.25) is 0 Å². The summed E-state index contributed by atoms with van der Waals surface area (Å²) in [5.41, 5.74) is 7.21. The van der Waals surface area contributed by atoms with Crippen LogP contribution in [0.1, 0.15) is 74.9 Å². The molecule has 0 radical (unpaired) electrons. The summed E-state index contributed by atoms with van der Waals surface area (Å²) in [7, 11) is 0. The van der Waals surface area contributed by atoms with E-state index in [2.05, 4.69) is 85.7 Å². The largest absolute Gasteiger partial charge is 0.507 e. The number of phenolic OH excluding ortho intramolecular Hbond substituents is 1. The minimum atomic E-state index is -0.0615. The molecule has 1 nitrogen and oxygen atoms in total. The molecular weight excluding hydrogens is 292 g/mol. The maximum absolute atomic E-state index is 10.8. The molecule has 0 aliphatic carbocycles. The lowest BCUT2D eigenvalue weighted by Gasteiger charge is -2.24. The molecular formula is C23H32O. The molecule has 0 aliphatic heterocycles. The molecule has 0 spiro atoms. The predicted molar refractivity (Wildman–Crippen MR) is 104 cm³/mol. The topological polar surface area (TPSA) is 20.2 Å². The van der Waals surface area contributed by atoms with Crippen LogP contribution in [0.3, 0.4) is 0 Å². The van der Waals surface area contributed by atoms with E-state index in [0.29, 0.717) is 5.75 Å². The van der Waals surface area contributed by atoms with Crippen LogP contribution in [0.25, 0.3) is 0 Å². The van der Waals surface area contributed by atoms with Crippen molar-refractivity contribution >= 4 is 0 Å². The van der Waals surface area contributed by atoms with Crippen LogP contribution in [0.4, 0.5) is 0 Å². The Bertz CT molecular complexity index is 740. The van der Waals surface area contributed by atoms with Gasteiger partial charge in [-0.2, -0.15) is 0 Å². The number of hydrogen-bond acceptors (Lipinski definition) is 1. The van der Waals surface area contributed by atoms with Crippen molar-refractivity contribution in [2.24, 2.45) is 0 Å². The molecule has 0 aromatic heterocycles. The Balaban J connectivity index is 2.49. The molecule has 0 atom stereocenters. The first-order valence-corrected chi connectivity index (χ1v) is 8.82. The molecule has 0 saturated carbocycles. The monoisotopic (exact) mass is 324 g/mol. The highest BCUT2D eigenvalue weighted by Gasteiger charge is 2.21. The molecule has 0 bridgehead atoms. The van der Waals surface area contributed by atoms with Gasteiger partial charge in [-0.15, -0.1) is 0 Å². The Hall–Kier alpha value is -1.76. The van der Waals surface area contributed by atoms with Gasteiger partial charge in [0.2, 0.25) is 0 Å². The zero-order chi connectivity index (χ0) is 18.3. The van der Waals surface area contributed by atoms with Crippen molar-refractivity contribution < 1.29 is 5.11 Å². The van der Waals surface area contributed by atoms with Gasteiger partial charge in [0.05, 0.1) is 0 Å². The van der Waals surface area contributed by atoms with Crippen molar-refractivity contribution in [3.05, 3.63) is 63.7 Å². The number of hydrogen-bond donors (Lipinski definition) is 1. The fraction of sp³-hybridized carbons (Fsp3) is 0.478. The van der Waals surface area contributed by atoms with Crippen LogP contribution in [0, 0.1) is 13.8 Å². The fourth-order valence-electron chi connectivity index (χ4n) is 3.18. The van der Waals surface area contributed by atoms with Crippen LogP contribution in [0.2, 0.25) is 0 Å². The maximum atomic E-state index is 10.8. The van der Waals surface area contributed by atoms with Gasteiger partial charge in [-0.1, -0.05) is 83.0 Å². The van der Waals surface area contributed by atoms with Crippen molar-refractivity contribution in [1.82, 2.24) is 0 Å². The molecule has 130 valence electrons. The van der Waals surface area contributed by atoms with Crippen molar-refractivity contribution in [3.63, 3.8) is 0 Å². The van der Waals surface area contributed by atoms with E-state index < -0.39 is 0 Å².